The SMILES string of the molecule is C=CC(=O)NCCOC(=O)C(C)c1ccc(CC(C)C)cc1. The smallest absolute Gasteiger partial charge is 0.313 e. The van der Waals surface area contributed by atoms with E-state index >= 15 is 0 Å². The van der Waals surface area contributed by atoms with E-state index in [2.05, 4.69) is 37.9 Å². The summed E-state index contributed by atoms with van der Waals surface area (Å²) in [4.78, 5) is 22.9. The highest BCUT2D eigenvalue weighted by Crippen LogP contribution is 2.18. The Bertz CT molecular complexity index is 506. The Kier molecular flexibility index (Phi) is 7.37. The average molecular weight is 303 g/mol. The van der Waals surface area contributed by atoms with Gasteiger partial charge < -0.3 is 10.1 Å². The quantitative estimate of drug-likeness (QED) is 0.456. The van der Waals surface area contributed by atoms with E-state index in [1.165, 1.54) is 11.6 Å². The summed E-state index contributed by atoms with van der Waals surface area (Å²) in [6.07, 6.45) is 2.21. The lowest BCUT2D eigenvalue weighted by Crippen LogP contribution is -2.27. The van der Waals surface area contributed by atoms with Crippen molar-refractivity contribution in [2.75, 3.05) is 13.2 Å². The molecule has 120 valence electrons. The average Bonchev–Trinajstić information content (AvgIpc) is 2.50. The third kappa shape index (κ3) is 6.12. The standard InChI is InChI=1S/C18H25NO3/c1-5-17(20)19-10-11-22-18(21)14(4)16-8-6-15(7-9-16)12-13(2)3/h5-9,13-14H,1,10-12H2,2-4H3,(H,19,20). The van der Waals surface area contributed by atoms with Crippen LogP contribution < -0.4 is 5.32 Å². The normalized spacial score (nSPS) is 11.8. The molecular weight excluding hydrogens is 278 g/mol. The first-order valence-electron chi connectivity index (χ1n) is 7.59. The predicted octanol–water partition coefficient (Wildman–Crippen LogP) is 2.83. The fourth-order valence-electron chi connectivity index (χ4n) is 2.07. The molecule has 22 heavy (non-hydrogen) atoms. The van der Waals surface area contributed by atoms with Gasteiger partial charge in [0.1, 0.15) is 6.61 Å². The van der Waals surface area contributed by atoms with Crippen molar-refractivity contribution in [3.8, 4) is 0 Å². The van der Waals surface area contributed by atoms with Crippen molar-refractivity contribution in [3.05, 3.63) is 48.0 Å². The van der Waals surface area contributed by atoms with E-state index in [-0.39, 0.29) is 30.9 Å². The molecule has 1 atom stereocenters. The van der Waals surface area contributed by atoms with Gasteiger partial charge in [0.15, 0.2) is 0 Å². The van der Waals surface area contributed by atoms with Crippen LogP contribution in [0.1, 0.15) is 37.8 Å². The van der Waals surface area contributed by atoms with E-state index in [9.17, 15) is 9.59 Å². The van der Waals surface area contributed by atoms with E-state index < -0.39 is 0 Å². The highest BCUT2D eigenvalue weighted by molar-refractivity contribution is 5.86. The van der Waals surface area contributed by atoms with Crippen molar-refractivity contribution in [2.45, 2.75) is 33.1 Å². The number of amides is 1. The fourth-order valence-corrected chi connectivity index (χ4v) is 2.07. The van der Waals surface area contributed by atoms with Crippen molar-refractivity contribution in [2.24, 2.45) is 5.92 Å². The number of hydrogen-bond acceptors (Lipinski definition) is 3. The van der Waals surface area contributed by atoms with Gasteiger partial charge in [0, 0.05) is 0 Å². The van der Waals surface area contributed by atoms with Gasteiger partial charge in [-0.25, -0.2) is 0 Å². The molecule has 4 nitrogen and oxygen atoms in total. The van der Waals surface area contributed by atoms with Crippen LogP contribution in [0, 0.1) is 5.92 Å². The van der Waals surface area contributed by atoms with Gasteiger partial charge >= 0.3 is 5.97 Å². The molecule has 1 rings (SSSR count). The zero-order valence-corrected chi connectivity index (χ0v) is 13.6. The molecule has 0 bridgehead atoms. The molecule has 0 aliphatic rings. The molecule has 0 saturated heterocycles. The first-order valence-corrected chi connectivity index (χ1v) is 7.59. The minimum absolute atomic E-state index is 0.161. The van der Waals surface area contributed by atoms with Crippen LogP contribution in [-0.4, -0.2) is 25.0 Å². The summed E-state index contributed by atoms with van der Waals surface area (Å²) in [6, 6.07) is 8.07. The van der Waals surface area contributed by atoms with E-state index in [0.29, 0.717) is 5.92 Å². The third-order valence-corrected chi connectivity index (χ3v) is 3.31. The lowest BCUT2D eigenvalue weighted by Gasteiger charge is -2.13. The van der Waals surface area contributed by atoms with Gasteiger partial charge in [-0.15, -0.1) is 0 Å². The highest BCUT2D eigenvalue weighted by Gasteiger charge is 2.16. The molecule has 0 heterocycles. The Hall–Kier alpha value is -2.10. The van der Waals surface area contributed by atoms with Crippen LogP contribution in [0.5, 0.6) is 0 Å². The summed E-state index contributed by atoms with van der Waals surface area (Å²) >= 11 is 0. The molecular formula is C18H25NO3. The minimum atomic E-state index is -0.316. The van der Waals surface area contributed by atoms with Gasteiger partial charge in [-0.3, -0.25) is 9.59 Å². The Labute approximate surface area is 132 Å². The Morgan fingerprint density at radius 3 is 2.41 bits per heavy atom. The number of rotatable bonds is 8. The van der Waals surface area contributed by atoms with E-state index in [4.69, 9.17) is 4.74 Å². The molecule has 0 aliphatic heterocycles. The van der Waals surface area contributed by atoms with Crippen molar-refractivity contribution in [1.29, 1.82) is 0 Å². The number of benzene rings is 1. The first-order chi connectivity index (χ1) is 10.4. The van der Waals surface area contributed by atoms with Gasteiger partial charge in [0.05, 0.1) is 12.5 Å². The Balaban J connectivity index is 2.45. The van der Waals surface area contributed by atoms with Crippen LogP contribution in [0.3, 0.4) is 0 Å². The molecule has 1 amide bonds. The third-order valence-electron chi connectivity index (χ3n) is 3.31. The molecule has 1 aromatic rings. The molecule has 1 aromatic carbocycles. The van der Waals surface area contributed by atoms with Crippen molar-refractivity contribution in [1.82, 2.24) is 5.32 Å². The molecule has 0 aliphatic carbocycles. The molecule has 0 saturated carbocycles. The molecule has 0 fully saturated rings. The summed E-state index contributed by atoms with van der Waals surface area (Å²) in [6.45, 7) is 9.98. The first kappa shape index (κ1) is 18.0. The van der Waals surface area contributed by atoms with Crippen molar-refractivity contribution in [3.63, 3.8) is 0 Å². The van der Waals surface area contributed by atoms with Crippen LogP contribution >= 0.6 is 0 Å². The second kappa shape index (κ2) is 9.03. The zero-order chi connectivity index (χ0) is 16.5. The Morgan fingerprint density at radius 2 is 1.86 bits per heavy atom. The summed E-state index contributed by atoms with van der Waals surface area (Å²) in [7, 11) is 0. The van der Waals surface area contributed by atoms with E-state index in [0.717, 1.165) is 12.0 Å². The summed E-state index contributed by atoms with van der Waals surface area (Å²) in [5.41, 5.74) is 2.21. The second-order valence-corrected chi connectivity index (χ2v) is 5.72. The van der Waals surface area contributed by atoms with Crippen molar-refractivity contribution >= 4 is 11.9 Å². The van der Waals surface area contributed by atoms with Gasteiger partial charge in [0.2, 0.25) is 5.91 Å². The number of hydrogen-bond donors (Lipinski definition) is 1. The van der Waals surface area contributed by atoms with E-state index in [1.54, 1.807) is 0 Å². The predicted molar refractivity (Wildman–Crippen MR) is 87.6 cm³/mol. The van der Waals surface area contributed by atoms with Gasteiger partial charge in [-0.1, -0.05) is 44.7 Å². The topological polar surface area (TPSA) is 55.4 Å². The largest absolute Gasteiger partial charge is 0.463 e. The molecule has 1 unspecified atom stereocenters. The highest BCUT2D eigenvalue weighted by atomic mass is 16.5. The molecule has 0 radical (unpaired) electrons. The molecule has 0 spiro atoms. The summed E-state index contributed by atoms with van der Waals surface area (Å²) in [5.74, 6) is -0.267. The van der Waals surface area contributed by atoms with E-state index in [1.807, 2.05) is 19.1 Å². The van der Waals surface area contributed by atoms with Crippen LogP contribution in [0.15, 0.2) is 36.9 Å². The number of carbonyl (C=O) groups excluding carboxylic acids is 2. The number of ether oxygens (including phenoxy) is 1. The van der Waals surface area contributed by atoms with Crippen LogP contribution in [0.4, 0.5) is 0 Å². The summed E-state index contributed by atoms with van der Waals surface area (Å²) < 4.78 is 5.16. The van der Waals surface area contributed by atoms with Crippen LogP contribution in [-0.2, 0) is 20.7 Å². The number of carbonyl (C=O) groups is 2. The lowest BCUT2D eigenvalue weighted by atomic mass is 9.97. The number of esters is 1. The van der Waals surface area contributed by atoms with Crippen LogP contribution in [0.2, 0.25) is 0 Å². The molecule has 4 heteroatoms. The minimum Gasteiger partial charge on any atom is -0.463 e. The van der Waals surface area contributed by atoms with Gasteiger partial charge in [0.25, 0.3) is 0 Å². The zero-order valence-electron chi connectivity index (χ0n) is 13.6. The second-order valence-electron chi connectivity index (χ2n) is 5.72. The maximum absolute atomic E-state index is 12.0. The van der Waals surface area contributed by atoms with Gasteiger partial charge in [-0.05, 0) is 36.5 Å². The molecule has 1 N–H and O–H groups in total. The maximum atomic E-state index is 12.0. The monoisotopic (exact) mass is 303 g/mol. The van der Waals surface area contributed by atoms with Gasteiger partial charge in [-0.2, -0.15) is 0 Å². The van der Waals surface area contributed by atoms with Crippen LogP contribution in [0.25, 0.3) is 0 Å². The maximum Gasteiger partial charge on any atom is 0.313 e. The summed E-state index contributed by atoms with van der Waals surface area (Å²) in [5, 5.41) is 2.56. The molecule has 0 aromatic heterocycles. The van der Waals surface area contributed by atoms with Crippen molar-refractivity contribution < 1.29 is 14.3 Å². The number of nitrogens with one attached hydrogen (secondary N) is 1. The fraction of sp³-hybridized carbons (Fsp3) is 0.444. The Morgan fingerprint density at radius 1 is 1.23 bits per heavy atom. The lowest BCUT2D eigenvalue weighted by molar-refractivity contribution is -0.145.